The molecule has 7 heteroatoms. The third-order valence-electron chi connectivity index (χ3n) is 4.60. The van der Waals surface area contributed by atoms with Crippen LogP contribution in [0.5, 0.6) is 0 Å². The van der Waals surface area contributed by atoms with Crippen LogP contribution in [-0.4, -0.2) is 23.9 Å². The maximum absolute atomic E-state index is 12.7. The summed E-state index contributed by atoms with van der Waals surface area (Å²) in [7, 11) is 0. The van der Waals surface area contributed by atoms with E-state index >= 15 is 0 Å². The molecule has 4 rings (SSSR count). The molecule has 4 nitrogen and oxygen atoms in total. The van der Waals surface area contributed by atoms with Gasteiger partial charge in [-0.25, -0.2) is 0 Å². The fraction of sp³-hybridized carbons (Fsp3) is 0.200. The van der Waals surface area contributed by atoms with E-state index in [-0.39, 0.29) is 18.5 Å². The van der Waals surface area contributed by atoms with Crippen molar-refractivity contribution in [3.8, 4) is 6.07 Å². The lowest BCUT2D eigenvalue weighted by atomic mass is 9.98. The second kappa shape index (κ2) is 7.83. The van der Waals surface area contributed by atoms with Gasteiger partial charge in [-0.2, -0.15) is 5.26 Å². The van der Waals surface area contributed by atoms with Crippen LogP contribution in [0.1, 0.15) is 26.9 Å². The van der Waals surface area contributed by atoms with E-state index in [9.17, 15) is 10.1 Å². The number of hydrogen-bond donors (Lipinski definition) is 1. The van der Waals surface area contributed by atoms with Gasteiger partial charge in [0.15, 0.2) is 0 Å². The van der Waals surface area contributed by atoms with Crippen molar-refractivity contribution in [2.75, 3.05) is 18.4 Å². The molecule has 0 radical (unpaired) electrons. The van der Waals surface area contributed by atoms with Gasteiger partial charge in [-0.1, -0.05) is 17.7 Å². The molecule has 0 spiro atoms. The van der Waals surface area contributed by atoms with Gasteiger partial charge in [0.1, 0.15) is 6.07 Å². The Morgan fingerprint density at radius 2 is 2.19 bits per heavy atom. The Morgan fingerprint density at radius 1 is 1.30 bits per heavy atom. The fourth-order valence-corrected chi connectivity index (χ4v) is 5.36. The lowest BCUT2D eigenvalue weighted by Gasteiger charge is -2.34. The number of carbonyl (C=O) groups is 1. The van der Waals surface area contributed by atoms with Crippen LogP contribution in [-0.2, 0) is 11.2 Å². The number of rotatable bonds is 4. The topological polar surface area (TPSA) is 56.1 Å². The number of benzene rings is 1. The number of hydrogen-bond acceptors (Lipinski definition) is 5. The van der Waals surface area contributed by atoms with Crippen LogP contribution in [0.2, 0.25) is 5.02 Å². The second-order valence-corrected chi connectivity index (χ2v) is 8.70. The summed E-state index contributed by atoms with van der Waals surface area (Å²) >= 11 is 9.51. The Labute approximate surface area is 170 Å². The SMILES string of the molecule is N#Cc1ccc(Cl)cc1NC(=O)CN1CCc2sccc2[C@@H]1c1cccs1. The molecule has 0 saturated heterocycles. The molecular weight excluding hydrogens is 398 g/mol. The first-order valence-electron chi connectivity index (χ1n) is 8.49. The van der Waals surface area contributed by atoms with E-state index in [1.165, 1.54) is 15.3 Å². The van der Waals surface area contributed by atoms with Crippen molar-refractivity contribution in [1.82, 2.24) is 4.90 Å². The van der Waals surface area contributed by atoms with Gasteiger partial charge in [-0.15, -0.1) is 22.7 Å². The van der Waals surface area contributed by atoms with E-state index in [1.54, 1.807) is 40.9 Å². The fourth-order valence-electron chi connectivity index (χ4n) is 3.41. The number of carbonyl (C=O) groups excluding carboxylic acids is 1. The van der Waals surface area contributed by atoms with Gasteiger partial charge >= 0.3 is 0 Å². The molecule has 1 amide bonds. The number of fused-ring (bicyclic) bond motifs is 1. The van der Waals surface area contributed by atoms with Crippen molar-refractivity contribution in [2.45, 2.75) is 12.5 Å². The summed E-state index contributed by atoms with van der Waals surface area (Å²) in [5, 5.41) is 16.8. The minimum Gasteiger partial charge on any atom is -0.324 e. The number of thiophene rings is 2. The highest BCUT2D eigenvalue weighted by atomic mass is 35.5. The third-order valence-corrected chi connectivity index (χ3v) is 6.76. The summed E-state index contributed by atoms with van der Waals surface area (Å²) in [5.41, 5.74) is 2.15. The monoisotopic (exact) mass is 413 g/mol. The first-order chi connectivity index (χ1) is 13.2. The quantitative estimate of drug-likeness (QED) is 0.660. The first-order valence-corrected chi connectivity index (χ1v) is 10.6. The molecule has 3 heterocycles. The molecule has 0 saturated carbocycles. The van der Waals surface area contributed by atoms with E-state index in [1.807, 2.05) is 6.07 Å². The Bertz CT molecular complexity index is 1010. The summed E-state index contributed by atoms with van der Waals surface area (Å²) in [5.74, 6) is -0.144. The average Bonchev–Trinajstić information content (AvgIpc) is 3.33. The predicted molar refractivity (Wildman–Crippen MR) is 111 cm³/mol. The molecule has 0 unspecified atom stereocenters. The Balaban J connectivity index is 1.56. The van der Waals surface area contributed by atoms with Gasteiger partial charge in [0.2, 0.25) is 5.91 Å². The highest BCUT2D eigenvalue weighted by molar-refractivity contribution is 7.10. The Morgan fingerprint density at radius 3 is 2.96 bits per heavy atom. The molecule has 0 fully saturated rings. The normalized spacial score (nSPS) is 16.5. The molecule has 0 bridgehead atoms. The van der Waals surface area contributed by atoms with Crippen molar-refractivity contribution in [1.29, 1.82) is 5.26 Å². The molecule has 2 aromatic heterocycles. The molecule has 27 heavy (non-hydrogen) atoms. The maximum Gasteiger partial charge on any atom is 0.238 e. The van der Waals surface area contributed by atoms with E-state index in [0.29, 0.717) is 16.3 Å². The molecule has 1 aliphatic rings. The zero-order chi connectivity index (χ0) is 18.8. The van der Waals surface area contributed by atoms with Crippen LogP contribution in [0.3, 0.4) is 0 Å². The molecule has 0 aliphatic carbocycles. The van der Waals surface area contributed by atoms with E-state index in [4.69, 9.17) is 11.6 Å². The van der Waals surface area contributed by atoms with E-state index < -0.39 is 0 Å². The number of halogens is 1. The Kier molecular flexibility index (Phi) is 5.28. The lowest BCUT2D eigenvalue weighted by Crippen LogP contribution is -2.40. The average molecular weight is 414 g/mol. The summed E-state index contributed by atoms with van der Waals surface area (Å²) in [6, 6.07) is 13.4. The largest absolute Gasteiger partial charge is 0.324 e. The van der Waals surface area contributed by atoms with Gasteiger partial charge in [0, 0.05) is 21.3 Å². The predicted octanol–water partition coefficient (Wildman–Crippen LogP) is 4.92. The summed E-state index contributed by atoms with van der Waals surface area (Å²) in [6.45, 7) is 1.08. The van der Waals surface area contributed by atoms with Crippen molar-refractivity contribution in [3.63, 3.8) is 0 Å². The highest BCUT2D eigenvalue weighted by Gasteiger charge is 2.31. The standard InChI is InChI=1S/C20H16ClN3OS2/c21-14-4-3-13(11-22)16(10-14)23-19(25)12-24-7-5-17-15(6-9-27-17)20(24)18-2-1-8-26-18/h1-4,6,8-10,20H,5,7,12H2,(H,23,25)/t20-/m1/s1. The summed E-state index contributed by atoms with van der Waals surface area (Å²) in [6.07, 6.45) is 0.947. The van der Waals surface area contributed by atoms with Crippen LogP contribution in [0.15, 0.2) is 47.2 Å². The van der Waals surface area contributed by atoms with Crippen LogP contribution in [0, 0.1) is 11.3 Å². The first kappa shape index (κ1) is 18.2. The van der Waals surface area contributed by atoms with Gasteiger partial charge in [0.25, 0.3) is 0 Å². The molecule has 1 aliphatic heterocycles. The number of anilines is 1. The maximum atomic E-state index is 12.7. The van der Waals surface area contributed by atoms with E-state index in [2.05, 4.69) is 39.2 Å². The zero-order valence-electron chi connectivity index (χ0n) is 14.3. The molecule has 1 aromatic carbocycles. The third kappa shape index (κ3) is 3.78. The minimum absolute atomic E-state index is 0.0977. The van der Waals surface area contributed by atoms with Gasteiger partial charge < -0.3 is 5.32 Å². The highest BCUT2D eigenvalue weighted by Crippen LogP contribution is 2.39. The van der Waals surface area contributed by atoms with E-state index in [0.717, 1.165) is 13.0 Å². The smallest absolute Gasteiger partial charge is 0.238 e. The van der Waals surface area contributed by atoms with Gasteiger partial charge in [0.05, 0.1) is 23.8 Å². The zero-order valence-corrected chi connectivity index (χ0v) is 16.7. The van der Waals surface area contributed by atoms with Crippen LogP contribution >= 0.6 is 34.3 Å². The molecular formula is C20H16ClN3OS2. The molecule has 3 aromatic rings. The van der Waals surface area contributed by atoms with Gasteiger partial charge in [-0.3, -0.25) is 9.69 Å². The molecule has 1 N–H and O–H groups in total. The van der Waals surface area contributed by atoms with Crippen molar-refractivity contribution >= 4 is 45.9 Å². The van der Waals surface area contributed by atoms with Crippen LogP contribution in [0.4, 0.5) is 5.69 Å². The number of nitrogens with one attached hydrogen (secondary N) is 1. The minimum atomic E-state index is -0.144. The number of nitriles is 1. The summed E-state index contributed by atoms with van der Waals surface area (Å²) < 4.78 is 0. The second-order valence-electron chi connectivity index (χ2n) is 6.29. The Hall–Kier alpha value is -2.17. The number of amides is 1. The van der Waals surface area contributed by atoms with Crippen molar-refractivity contribution in [3.05, 3.63) is 73.1 Å². The van der Waals surface area contributed by atoms with Gasteiger partial charge in [-0.05, 0) is 53.1 Å². The number of nitrogens with zero attached hydrogens (tertiary/aromatic N) is 2. The van der Waals surface area contributed by atoms with Crippen molar-refractivity contribution < 1.29 is 4.79 Å². The van der Waals surface area contributed by atoms with Crippen LogP contribution in [0.25, 0.3) is 0 Å². The van der Waals surface area contributed by atoms with Crippen LogP contribution < -0.4 is 5.32 Å². The van der Waals surface area contributed by atoms with Crippen molar-refractivity contribution in [2.24, 2.45) is 0 Å². The summed E-state index contributed by atoms with van der Waals surface area (Å²) in [4.78, 5) is 17.6. The molecule has 1 atom stereocenters. The lowest BCUT2D eigenvalue weighted by molar-refractivity contribution is -0.117. The molecule has 136 valence electrons.